The molecule has 0 aliphatic rings. The highest BCUT2D eigenvalue weighted by Gasteiger charge is 1.90. The number of para-hydroxylation sites is 1. The summed E-state index contributed by atoms with van der Waals surface area (Å²) in [5.74, 6) is 0.947. The van der Waals surface area contributed by atoms with Crippen LogP contribution in [0, 0.1) is 0 Å². The zero-order valence-electron chi connectivity index (χ0n) is 8.55. The molecular weight excluding hydrogens is 203 g/mol. The van der Waals surface area contributed by atoms with Gasteiger partial charge in [0.05, 0.1) is 12.9 Å². The van der Waals surface area contributed by atoms with Crippen LogP contribution >= 0.6 is 8.58 Å². The van der Waals surface area contributed by atoms with Gasteiger partial charge < -0.3 is 13.3 Å². The first kappa shape index (κ1) is 10.2. The molecule has 0 unspecified atom stereocenters. The third kappa shape index (κ3) is 2.57. The molecule has 0 saturated heterocycles. The summed E-state index contributed by atoms with van der Waals surface area (Å²) >= 11 is 0. The van der Waals surface area contributed by atoms with Crippen LogP contribution in [-0.4, -0.2) is 7.11 Å². The van der Waals surface area contributed by atoms with Gasteiger partial charge in [0.1, 0.15) is 0 Å². The molecule has 0 fully saturated rings. The van der Waals surface area contributed by atoms with Gasteiger partial charge in [-0.25, -0.2) is 0 Å². The zero-order valence-corrected chi connectivity index (χ0v) is 9.45. The molecule has 2 aromatic carbocycles. The molecule has 2 heteroatoms. The maximum Gasteiger partial charge on any atom is 0.0915 e. The fourth-order valence-corrected chi connectivity index (χ4v) is 2.40. The summed E-state index contributed by atoms with van der Waals surface area (Å²) in [6, 6.07) is 18.5. The highest BCUT2D eigenvalue weighted by Crippen LogP contribution is 2.18. The first-order valence-electron chi connectivity index (χ1n) is 4.80. The van der Waals surface area contributed by atoms with E-state index < -0.39 is 0 Å². The van der Waals surface area contributed by atoms with E-state index in [1.54, 1.807) is 7.11 Å². The van der Waals surface area contributed by atoms with E-state index in [0.29, 0.717) is 0 Å². The molecule has 2 rings (SSSR count). The van der Waals surface area contributed by atoms with Gasteiger partial charge in [-0.3, -0.25) is 0 Å². The maximum atomic E-state index is 5.31. The lowest BCUT2D eigenvalue weighted by molar-refractivity contribution is 0.418. The maximum absolute atomic E-state index is 5.31. The molecule has 0 spiro atoms. The van der Waals surface area contributed by atoms with Gasteiger partial charge in [0.15, 0.2) is 0 Å². The van der Waals surface area contributed by atoms with Gasteiger partial charge >= 0.3 is 0 Å². The van der Waals surface area contributed by atoms with Crippen LogP contribution in [-0.2, 0) is 0 Å². The zero-order chi connectivity index (χ0) is 10.5. The minimum Gasteiger partial charge on any atom is -0.499 e. The van der Waals surface area contributed by atoms with Crippen LogP contribution in [0.5, 0.6) is 5.75 Å². The molecule has 0 radical (unpaired) electrons. The molecular formula is C13H12OP-. The van der Waals surface area contributed by atoms with Crippen LogP contribution in [0.1, 0.15) is 0 Å². The number of ether oxygens (including phenoxy) is 1. The molecule has 0 saturated carbocycles. The number of benzene rings is 2. The van der Waals surface area contributed by atoms with Crippen LogP contribution in [0.2, 0.25) is 0 Å². The topological polar surface area (TPSA) is 9.23 Å². The molecule has 0 amide bonds. The minimum absolute atomic E-state index is 0.947. The summed E-state index contributed by atoms with van der Waals surface area (Å²) in [7, 11) is 2.89. The van der Waals surface area contributed by atoms with Gasteiger partial charge in [-0.1, -0.05) is 48.5 Å². The molecule has 0 bridgehead atoms. The van der Waals surface area contributed by atoms with Crippen molar-refractivity contribution in [1.29, 1.82) is 0 Å². The van der Waals surface area contributed by atoms with Crippen LogP contribution in [0.25, 0.3) is 0 Å². The Hall–Kier alpha value is -1.33. The third-order valence-corrected chi connectivity index (χ3v) is 3.26. The largest absolute Gasteiger partial charge is 0.499 e. The lowest BCUT2D eigenvalue weighted by Gasteiger charge is -2.22. The van der Waals surface area contributed by atoms with Crippen molar-refractivity contribution in [2.24, 2.45) is 0 Å². The molecule has 0 aliphatic carbocycles. The first-order valence-corrected chi connectivity index (χ1v) is 5.69. The normalized spacial score (nSPS) is 10.7. The lowest BCUT2D eigenvalue weighted by atomic mass is 10.3. The van der Waals surface area contributed by atoms with Gasteiger partial charge in [0.25, 0.3) is 0 Å². The smallest absolute Gasteiger partial charge is 0.0915 e. The molecule has 0 heterocycles. The highest BCUT2D eigenvalue weighted by molar-refractivity contribution is 7.55. The van der Waals surface area contributed by atoms with E-state index in [4.69, 9.17) is 4.74 Å². The van der Waals surface area contributed by atoms with Crippen molar-refractivity contribution in [3.05, 3.63) is 54.6 Å². The van der Waals surface area contributed by atoms with Gasteiger partial charge in [0, 0.05) is 0 Å². The van der Waals surface area contributed by atoms with Crippen molar-refractivity contribution in [2.45, 2.75) is 0 Å². The number of hydrogen-bond donors (Lipinski definition) is 0. The van der Waals surface area contributed by atoms with Gasteiger partial charge in [0.2, 0.25) is 0 Å². The van der Waals surface area contributed by atoms with Crippen molar-refractivity contribution < 1.29 is 4.74 Å². The van der Waals surface area contributed by atoms with Crippen molar-refractivity contribution in [1.82, 2.24) is 0 Å². The fourth-order valence-electron chi connectivity index (χ4n) is 1.36. The van der Waals surface area contributed by atoms with Crippen molar-refractivity contribution >= 4 is 19.2 Å². The lowest BCUT2D eigenvalue weighted by Crippen LogP contribution is -2.05. The van der Waals surface area contributed by atoms with Gasteiger partial charge in [-0.05, 0) is 6.07 Å². The molecule has 15 heavy (non-hydrogen) atoms. The predicted molar refractivity (Wildman–Crippen MR) is 65.6 cm³/mol. The van der Waals surface area contributed by atoms with Crippen molar-refractivity contribution in [3.63, 3.8) is 0 Å². The Kier molecular flexibility index (Phi) is 3.37. The number of hydrogen-bond acceptors (Lipinski definition) is 1. The molecule has 0 atom stereocenters. The van der Waals surface area contributed by atoms with Crippen molar-refractivity contribution in [3.8, 4) is 5.75 Å². The SMILES string of the molecule is COc1ccccc1[P-]c1ccccc1. The summed E-state index contributed by atoms with van der Waals surface area (Å²) in [6.07, 6.45) is 0. The summed E-state index contributed by atoms with van der Waals surface area (Å²) in [5, 5.41) is 2.48. The van der Waals surface area contributed by atoms with Crippen LogP contribution in [0.4, 0.5) is 0 Å². The second-order valence-electron chi connectivity index (χ2n) is 3.12. The van der Waals surface area contributed by atoms with Crippen LogP contribution in [0.3, 0.4) is 0 Å². The van der Waals surface area contributed by atoms with Crippen LogP contribution in [0.15, 0.2) is 54.6 Å². The predicted octanol–water partition coefficient (Wildman–Crippen LogP) is 2.59. The molecule has 2 aromatic rings. The fraction of sp³-hybridized carbons (Fsp3) is 0.0769. The molecule has 0 N–H and O–H groups in total. The average molecular weight is 215 g/mol. The Bertz CT molecular complexity index is 426. The minimum atomic E-state index is 0.947. The van der Waals surface area contributed by atoms with E-state index in [1.807, 2.05) is 24.3 Å². The third-order valence-electron chi connectivity index (χ3n) is 2.09. The Labute approximate surface area is 91.9 Å². The summed E-state index contributed by atoms with van der Waals surface area (Å²) in [6.45, 7) is 0. The molecule has 0 aromatic heterocycles. The monoisotopic (exact) mass is 215 g/mol. The summed E-state index contributed by atoms with van der Waals surface area (Å²) < 4.78 is 5.31. The molecule has 1 nitrogen and oxygen atoms in total. The Morgan fingerprint density at radius 1 is 0.867 bits per heavy atom. The van der Waals surface area contributed by atoms with Crippen LogP contribution < -0.4 is 15.3 Å². The Morgan fingerprint density at radius 2 is 1.53 bits per heavy atom. The highest BCUT2D eigenvalue weighted by atomic mass is 31.1. The van der Waals surface area contributed by atoms with Gasteiger partial charge in [-0.2, -0.15) is 10.6 Å². The van der Waals surface area contributed by atoms with E-state index in [2.05, 4.69) is 30.3 Å². The van der Waals surface area contributed by atoms with E-state index in [1.165, 1.54) is 19.2 Å². The second-order valence-corrected chi connectivity index (χ2v) is 4.34. The van der Waals surface area contributed by atoms with Crippen molar-refractivity contribution in [2.75, 3.05) is 7.11 Å². The van der Waals surface area contributed by atoms with Gasteiger partial charge in [-0.15, -0.1) is 0 Å². The van der Waals surface area contributed by atoms with E-state index in [0.717, 1.165) is 5.75 Å². The Balaban J connectivity index is 2.24. The first-order chi connectivity index (χ1) is 7.40. The molecule has 76 valence electrons. The summed E-state index contributed by atoms with van der Waals surface area (Å²) in [5.41, 5.74) is 0. The Morgan fingerprint density at radius 3 is 2.27 bits per heavy atom. The standard InChI is InChI=1S/C13H12OP/c1-14-12-9-5-6-10-13(12)15-11-7-3-2-4-8-11/h2-10H,1H3/q-1. The number of rotatable bonds is 3. The summed E-state index contributed by atoms with van der Waals surface area (Å²) in [4.78, 5) is 0. The second kappa shape index (κ2) is 4.95. The van der Waals surface area contributed by atoms with E-state index in [-0.39, 0.29) is 0 Å². The molecule has 0 aliphatic heterocycles. The van der Waals surface area contributed by atoms with E-state index >= 15 is 0 Å². The number of methoxy groups -OCH3 is 1. The quantitative estimate of drug-likeness (QED) is 0.715. The van der Waals surface area contributed by atoms with E-state index in [9.17, 15) is 0 Å². The average Bonchev–Trinajstić information content (AvgIpc) is 2.31.